The molecule has 1 fully saturated rings. The second-order valence-corrected chi connectivity index (χ2v) is 6.22. The molecule has 0 atom stereocenters. The van der Waals surface area contributed by atoms with Gasteiger partial charge in [-0.2, -0.15) is 0 Å². The molecule has 0 spiro atoms. The summed E-state index contributed by atoms with van der Waals surface area (Å²) in [6, 6.07) is 9.20. The van der Waals surface area contributed by atoms with E-state index in [0.717, 1.165) is 24.3 Å². The minimum Gasteiger partial charge on any atom is -0.370 e. The molecule has 1 aromatic heterocycles. The van der Waals surface area contributed by atoms with Crippen molar-refractivity contribution in [2.45, 2.75) is 26.2 Å². The molecule has 1 aromatic carbocycles. The Morgan fingerprint density at radius 3 is 2.65 bits per heavy atom. The van der Waals surface area contributed by atoms with E-state index in [1.807, 2.05) is 25.1 Å². The van der Waals surface area contributed by atoms with Crippen LogP contribution in [0.4, 0.5) is 11.4 Å². The Kier molecular flexibility index (Phi) is 4.82. The summed E-state index contributed by atoms with van der Waals surface area (Å²) in [5, 5.41) is 3.50. The zero-order chi connectivity index (χ0) is 16.2. The number of benzene rings is 1. The molecule has 2 aromatic rings. The fraction of sp³-hybridized carbons (Fsp3) is 0.333. The number of amides is 1. The highest BCUT2D eigenvalue weighted by molar-refractivity contribution is 6.31. The van der Waals surface area contributed by atoms with Crippen LogP contribution in [0.15, 0.2) is 36.5 Å². The number of anilines is 2. The molecule has 0 radical (unpaired) electrons. The van der Waals surface area contributed by atoms with Crippen molar-refractivity contribution < 1.29 is 4.79 Å². The van der Waals surface area contributed by atoms with Crippen molar-refractivity contribution in [1.82, 2.24) is 4.98 Å². The van der Waals surface area contributed by atoms with Gasteiger partial charge >= 0.3 is 0 Å². The minimum atomic E-state index is -0.222. The first kappa shape index (κ1) is 15.8. The Morgan fingerprint density at radius 2 is 1.96 bits per heavy atom. The van der Waals surface area contributed by atoms with Gasteiger partial charge in [-0.15, -0.1) is 0 Å². The molecule has 4 nitrogen and oxygen atoms in total. The molecular formula is C18H20ClN3O. The molecule has 1 N–H and O–H groups in total. The van der Waals surface area contributed by atoms with Crippen LogP contribution in [-0.2, 0) is 0 Å². The van der Waals surface area contributed by atoms with E-state index in [9.17, 15) is 4.79 Å². The largest absolute Gasteiger partial charge is 0.370 e. The number of carbonyl (C=O) groups is 1. The van der Waals surface area contributed by atoms with Crippen molar-refractivity contribution in [3.8, 4) is 0 Å². The third-order valence-corrected chi connectivity index (χ3v) is 4.63. The number of piperidine rings is 1. The fourth-order valence-electron chi connectivity index (χ4n) is 2.79. The summed E-state index contributed by atoms with van der Waals surface area (Å²) in [6.45, 7) is 4.01. The van der Waals surface area contributed by atoms with Crippen molar-refractivity contribution in [3.05, 3.63) is 52.8 Å². The Balaban J connectivity index is 1.71. The van der Waals surface area contributed by atoms with Gasteiger partial charge in [-0.1, -0.05) is 17.7 Å². The Morgan fingerprint density at radius 1 is 1.17 bits per heavy atom. The molecule has 3 rings (SSSR count). The number of nitrogens with zero attached hydrogens (tertiary/aromatic N) is 2. The van der Waals surface area contributed by atoms with Gasteiger partial charge in [0.25, 0.3) is 5.91 Å². The van der Waals surface area contributed by atoms with Gasteiger partial charge in [0.1, 0.15) is 5.69 Å². The maximum atomic E-state index is 12.3. The second kappa shape index (κ2) is 7.01. The molecule has 23 heavy (non-hydrogen) atoms. The van der Waals surface area contributed by atoms with E-state index in [4.69, 9.17) is 11.6 Å². The van der Waals surface area contributed by atoms with Gasteiger partial charge in [-0.3, -0.25) is 4.79 Å². The SMILES string of the molecule is Cc1c(Cl)cccc1NC(=O)c1ccc(N2CCCCC2)cn1. The summed E-state index contributed by atoms with van der Waals surface area (Å²) >= 11 is 6.08. The Bertz CT molecular complexity index is 694. The summed E-state index contributed by atoms with van der Waals surface area (Å²) < 4.78 is 0. The molecule has 1 saturated heterocycles. The molecule has 0 unspecified atom stereocenters. The second-order valence-electron chi connectivity index (χ2n) is 5.82. The van der Waals surface area contributed by atoms with E-state index >= 15 is 0 Å². The predicted molar refractivity (Wildman–Crippen MR) is 94.4 cm³/mol. The van der Waals surface area contributed by atoms with E-state index < -0.39 is 0 Å². The number of nitrogens with one attached hydrogen (secondary N) is 1. The summed E-state index contributed by atoms with van der Waals surface area (Å²) in [6.07, 6.45) is 5.51. The van der Waals surface area contributed by atoms with Crippen LogP contribution in [0.2, 0.25) is 5.02 Å². The summed E-state index contributed by atoms with van der Waals surface area (Å²) in [4.78, 5) is 19.0. The molecule has 0 saturated carbocycles. The number of halogens is 1. The number of carbonyl (C=O) groups excluding carboxylic acids is 1. The standard InChI is InChI=1S/C18H20ClN3O/c1-13-15(19)6-5-7-16(13)21-18(23)17-9-8-14(12-20-17)22-10-3-2-4-11-22/h5-9,12H,2-4,10-11H2,1H3,(H,21,23). The van der Waals surface area contributed by atoms with Crippen molar-refractivity contribution in [3.63, 3.8) is 0 Å². The number of rotatable bonds is 3. The third-order valence-electron chi connectivity index (χ3n) is 4.22. The smallest absolute Gasteiger partial charge is 0.274 e. The lowest BCUT2D eigenvalue weighted by Gasteiger charge is -2.28. The first-order valence-electron chi connectivity index (χ1n) is 7.92. The summed E-state index contributed by atoms with van der Waals surface area (Å²) in [5.41, 5.74) is 3.06. The van der Waals surface area contributed by atoms with Crippen LogP contribution < -0.4 is 10.2 Å². The zero-order valence-corrected chi connectivity index (χ0v) is 13.9. The van der Waals surface area contributed by atoms with Crippen LogP contribution >= 0.6 is 11.6 Å². The average Bonchev–Trinajstić information content (AvgIpc) is 2.60. The number of hydrogen-bond donors (Lipinski definition) is 1. The lowest BCUT2D eigenvalue weighted by atomic mass is 10.1. The van der Waals surface area contributed by atoms with Crippen molar-refractivity contribution in [1.29, 1.82) is 0 Å². The maximum absolute atomic E-state index is 12.3. The van der Waals surface area contributed by atoms with Crippen molar-refractivity contribution in [2.75, 3.05) is 23.3 Å². The van der Waals surface area contributed by atoms with Crippen LogP contribution in [0.3, 0.4) is 0 Å². The van der Waals surface area contributed by atoms with Crippen LogP contribution in [-0.4, -0.2) is 24.0 Å². The first-order valence-corrected chi connectivity index (χ1v) is 8.30. The molecule has 2 heterocycles. The van der Waals surface area contributed by atoms with Crippen LogP contribution in [0.25, 0.3) is 0 Å². The molecule has 5 heteroatoms. The monoisotopic (exact) mass is 329 g/mol. The van der Waals surface area contributed by atoms with Gasteiger partial charge in [-0.25, -0.2) is 4.98 Å². The molecule has 120 valence electrons. The molecule has 0 bridgehead atoms. The average molecular weight is 330 g/mol. The normalized spacial score (nSPS) is 14.6. The molecule has 1 aliphatic heterocycles. The number of hydrogen-bond acceptors (Lipinski definition) is 3. The number of aromatic nitrogens is 1. The van der Waals surface area contributed by atoms with Gasteiger partial charge in [0.05, 0.1) is 11.9 Å². The van der Waals surface area contributed by atoms with Gasteiger partial charge in [0.2, 0.25) is 0 Å². The van der Waals surface area contributed by atoms with E-state index in [2.05, 4.69) is 15.2 Å². The Labute approximate surface area is 141 Å². The third kappa shape index (κ3) is 3.64. The highest BCUT2D eigenvalue weighted by Gasteiger charge is 2.14. The summed E-state index contributed by atoms with van der Waals surface area (Å²) in [5.74, 6) is -0.222. The Hall–Kier alpha value is -2.07. The van der Waals surface area contributed by atoms with Crippen LogP contribution in [0.1, 0.15) is 35.3 Å². The molecule has 0 aliphatic carbocycles. The minimum absolute atomic E-state index is 0.222. The lowest BCUT2D eigenvalue weighted by Crippen LogP contribution is -2.29. The zero-order valence-electron chi connectivity index (χ0n) is 13.2. The quantitative estimate of drug-likeness (QED) is 0.913. The fourth-order valence-corrected chi connectivity index (χ4v) is 2.96. The maximum Gasteiger partial charge on any atom is 0.274 e. The van der Waals surface area contributed by atoms with E-state index in [1.54, 1.807) is 18.3 Å². The molecular weight excluding hydrogens is 310 g/mol. The van der Waals surface area contributed by atoms with Crippen LogP contribution in [0, 0.1) is 6.92 Å². The lowest BCUT2D eigenvalue weighted by molar-refractivity contribution is 0.102. The highest BCUT2D eigenvalue weighted by Crippen LogP contribution is 2.24. The predicted octanol–water partition coefficient (Wildman–Crippen LogP) is 4.29. The number of pyridine rings is 1. The van der Waals surface area contributed by atoms with Crippen molar-refractivity contribution in [2.24, 2.45) is 0 Å². The van der Waals surface area contributed by atoms with Gasteiger partial charge in [0, 0.05) is 23.8 Å². The van der Waals surface area contributed by atoms with Crippen molar-refractivity contribution >= 4 is 28.9 Å². The topological polar surface area (TPSA) is 45.2 Å². The van der Waals surface area contributed by atoms with Crippen LogP contribution in [0.5, 0.6) is 0 Å². The summed E-state index contributed by atoms with van der Waals surface area (Å²) in [7, 11) is 0. The van der Waals surface area contributed by atoms with E-state index in [1.165, 1.54) is 19.3 Å². The van der Waals surface area contributed by atoms with Gasteiger partial charge < -0.3 is 10.2 Å². The van der Waals surface area contributed by atoms with E-state index in [0.29, 0.717) is 16.4 Å². The first-order chi connectivity index (χ1) is 11.1. The van der Waals surface area contributed by atoms with Gasteiger partial charge in [0.15, 0.2) is 0 Å². The van der Waals surface area contributed by atoms with Gasteiger partial charge in [-0.05, 0) is 56.0 Å². The molecule has 1 amide bonds. The molecule has 1 aliphatic rings. The highest BCUT2D eigenvalue weighted by atomic mass is 35.5. The van der Waals surface area contributed by atoms with E-state index in [-0.39, 0.29) is 5.91 Å².